The minimum atomic E-state index is -0.0362. The number of piperidine rings is 1. The van der Waals surface area contributed by atoms with Crippen molar-refractivity contribution >= 4 is 27.5 Å². The van der Waals surface area contributed by atoms with Crippen LogP contribution in [0.5, 0.6) is 0 Å². The van der Waals surface area contributed by atoms with Crippen LogP contribution in [-0.4, -0.2) is 28.6 Å². The minimum absolute atomic E-state index is 0.0362. The number of rotatable bonds is 1. The zero-order chi connectivity index (χ0) is 7.56. The summed E-state index contributed by atoms with van der Waals surface area (Å²) >= 11 is 9.30. The molecule has 3 unspecified atom stereocenters. The molecule has 0 spiro atoms. The largest absolute Gasteiger partial charge is 0.396 e. The summed E-state index contributed by atoms with van der Waals surface area (Å²) in [7, 11) is 0. The van der Waals surface area contributed by atoms with Gasteiger partial charge in [0.05, 0.1) is 5.50 Å². The first kappa shape index (κ1) is 8.78. The molecule has 0 aliphatic carbocycles. The second kappa shape index (κ2) is 3.90. The van der Waals surface area contributed by atoms with E-state index in [0.29, 0.717) is 5.92 Å². The van der Waals surface area contributed by atoms with Crippen molar-refractivity contribution in [2.24, 2.45) is 5.92 Å². The molecule has 2 nitrogen and oxygen atoms in total. The van der Waals surface area contributed by atoms with Crippen LogP contribution in [0.2, 0.25) is 0 Å². The molecule has 1 rings (SSSR count). The highest BCUT2D eigenvalue weighted by atomic mass is 79.9. The summed E-state index contributed by atoms with van der Waals surface area (Å²) in [5.41, 5.74) is -0.0362. The van der Waals surface area contributed by atoms with Crippen molar-refractivity contribution in [3.63, 3.8) is 0 Å². The maximum absolute atomic E-state index is 8.86. The van der Waals surface area contributed by atoms with Crippen molar-refractivity contribution in [2.45, 2.75) is 16.7 Å². The molecule has 0 aromatic rings. The van der Waals surface area contributed by atoms with Gasteiger partial charge in [-0.3, -0.25) is 0 Å². The first-order chi connectivity index (χ1) is 4.75. The normalized spacial score (nSPS) is 41.7. The first-order valence-corrected chi connectivity index (χ1v) is 4.73. The average Bonchev–Trinajstić information content (AvgIpc) is 1.95. The number of aliphatic hydroxyl groups is 1. The molecule has 10 heavy (non-hydrogen) atoms. The fourth-order valence-corrected chi connectivity index (χ4v) is 2.04. The fraction of sp³-hybridized carbons (Fsp3) is 1.00. The lowest BCUT2D eigenvalue weighted by atomic mass is 9.99. The molecule has 1 saturated heterocycles. The van der Waals surface area contributed by atoms with Gasteiger partial charge in [-0.25, -0.2) is 0 Å². The van der Waals surface area contributed by atoms with Crippen molar-refractivity contribution in [1.29, 1.82) is 0 Å². The monoisotopic (exact) mass is 227 g/mol. The molecule has 0 bridgehead atoms. The van der Waals surface area contributed by atoms with Crippen LogP contribution >= 0.6 is 27.5 Å². The standard InChI is InChI=1S/C6H11BrClNO/c7-5-4(3-10)1-2-9-6(5)8/h4-6,9-10H,1-3H2. The maximum atomic E-state index is 8.86. The summed E-state index contributed by atoms with van der Waals surface area (Å²) in [6.45, 7) is 1.13. The van der Waals surface area contributed by atoms with Crippen LogP contribution in [0.1, 0.15) is 6.42 Å². The molecular formula is C6H11BrClNO. The molecule has 60 valence electrons. The Morgan fingerprint density at radius 3 is 2.90 bits per heavy atom. The van der Waals surface area contributed by atoms with E-state index >= 15 is 0 Å². The number of alkyl halides is 2. The minimum Gasteiger partial charge on any atom is -0.396 e. The van der Waals surface area contributed by atoms with E-state index in [1.165, 1.54) is 0 Å². The van der Waals surface area contributed by atoms with Crippen LogP contribution in [0.4, 0.5) is 0 Å². The molecule has 1 fully saturated rings. The second-order valence-electron chi connectivity index (χ2n) is 2.53. The molecule has 0 aromatic carbocycles. The van der Waals surface area contributed by atoms with E-state index in [1.54, 1.807) is 0 Å². The number of aliphatic hydroxyl groups excluding tert-OH is 1. The Bertz CT molecular complexity index is 114. The zero-order valence-electron chi connectivity index (χ0n) is 5.56. The van der Waals surface area contributed by atoms with Crippen molar-refractivity contribution in [3.05, 3.63) is 0 Å². The van der Waals surface area contributed by atoms with E-state index in [1.807, 2.05) is 0 Å². The lowest BCUT2D eigenvalue weighted by Crippen LogP contribution is -2.44. The predicted octanol–water partition coefficient (Wildman–Crippen LogP) is 0.917. The molecule has 3 atom stereocenters. The van der Waals surface area contributed by atoms with Crippen LogP contribution in [-0.2, 0) is 0 Å². The highest BCUT2D eigenvalue weighted by Gasteiger charge is 2.28. The molecular weight excluding hydrogens is 217 g/mol. The summed E-state index contributed by atoms with van der Waals surface area (Å²) in [6.07, 6.45) is 0.996. The van der Waals surface area contributed by atoms with Crippen molar-refractivity contribution in [3.8, 4) is 0 Å². The summed E-state index contributed by atoms with van der Waals surface area (Å²) in [4.78, 5) is 0.202. The predicted molar refractivity (Wildman–Crippen MR) is 45.6 cm³/mol. The van der Waals surface area contributed by atoms with Gasteiger partial charge in [0.15, 0.2) is 0 Å². The Balaban J connectivity index is 2.42. The van der Waals surface area contributed by atoms with Gasteiger partial charge in [0.2, 0.25) is 0 Å². The molecule has 4 heteroatoms. The van der Waals surface area contributed by atoms with E-state index in [-0.39, 0.29) is 16.9 Å². The van der Waals surface area contributed by atoms with Gasteiger partial charge >= 0.3 is 0 Å². The summed E-state index contributed by atoms with van der Waals surface area (Å²) < 4.78 is 0. The number of nitrogens with one attached hydrogen (secondary N) is 1. The highest BCUT2D eigenvalue weighted by molar-refractivity contribution is 9.09. The molecule has 0 amide bonds. The van der Waals surface area contributed by atoms with E-state index in [2.05, 4.69) is 21.2 Å². The third-order valence-corrected chi connectivity index (χ3v) is 3.83. The van der Waals surface area contributed by atoms with Crippen molar-refractivity contribution < 1.29 is 5.11 Å². The Morgan fingerprint density at radius 2 is 2.40 bits per heavy atom. The van der Waals surface area contributed by atoms with Gasteiger partial charge in [0.1, 0.15) is 0 Å². The van der Waals surface area contributed by atoms with Crippen molar-refractivity contribution in [1.82, 2.24) is 5.32 Å². The van der Waals surface area contributed by atoms with Crippen LogP contribution in [0.3, 0.4) is 0 Å². The molecule has 1 aliphatic heterocycles. The number of hydrogen-bond acceptors (Lipinski definition) is 2. The van der Waals surface area contributed by atoms with Crippen molar-refractivity contribution in [2.75, 3.05) is 13.2 Å². The molecule has 0 saturated carbocycles. The second-order valence-corrected chi connectivity index (χ2v) is 4.06. The molecule has 0 aromatic heterocycles. The van der Waals surface area contributed by atoms with E-state index < -0.39 is 0 Å². The summed E-state index contributed by atoms with van der Waals surface area (Å²) in [5, 5.41) is 12.0. The van der Waals surface area contributed by atoms with Gasteiger partial charge in [-0.05, 0) is 18.9 Å². The van der Waals surface area contributed by atoms with Gasteiger partial charge in [-0.2, -0.15) is 0 Å². The van der Waals surface area contributed by atoms with E-state index in [0.717, 1.165) is 13.0 Å². The molecule has 1 heterocycles. The SMILES string of the molecule is OCC1CCNC(Cl)C1Br. The lowest BCUT2D eigenvalue weighted by Gasteiger charge is -2.30. The summed E-state index contributed by atoms with van der Waals surface area (Å²) in [5.74, 6) is 0.309. The molecule has 0 radical (unpaired) electrons. The summed E-state index contributed by atoms with van der Waals surface area (Å²) in [6, 6.07) is 0. The first-order valence-electron chi connectivity index (χ1n) is 3.38. The molecule has 1 aliphatic rings. The third-order valence-electron chi connectivity index (χ3n) is 1.82. The number of hydrogen-bond donors (Lipinski definition) is 2. The topological polar surface area (TPSA) is 32.3 Å². The van der Waals surface area contributed by atoms with Gasteiger partial charge in [-0.15, -0.1) is 11.6 Å². The van der Waals surface area contributed by atoms with Crippen LogP contribution < -0.4 is 5.32 Å². The highest BCUT2D eigenvalue weighted by Crippen LogP contribution is 2.25. The lowest BCUT2D eigenvalue weighted by molar-refractivity contribution is 0.197. The fourth-order valence-electron chi connectivity index (χ4n) is 1.11. The van der Waals surface area contributed by atoms with Crippen LogP contribution in [0, 0.1) is 5.92 Å². The van der Waals surface area contributed by atoms with E-state index in [4.69, 9.17) is 16.7 Å². The maximum Gasteiger partial charge on any atom is 0.0955 e. The quantitative estimate of drug-likeness (QED) is 0.517. The smallest absolute Gasteiger partial charge is 0.0955 e. The van der Waals surface area contributed by atoms with Crippen LogP contribution in [0.25, 0.3) is 0 Å². The average molecular weight is 229 g/mol. The van der Waals surface area contributed by atoms with Gasteiger partial charge in [0.25, 0.3) is 0 Å². The Kier molecular flexibility index (Phi) is 3.43. The Hall–Kier alpha value is 0.690. The Morgan fingerprint density at radius 1 is 1.70 bits per heavy atom. The van der Waals surface area contributed by atoms with E-state index in [9.17, 15) is 0 Å². The zero-order valence-corrected chi connectivity index (χ0v) is 7.90. The van der Waals surface area contributed by atoms with Gasteiger partial charge in [-0.1, -0.05) is 15.9 Å². The third kappa shape index (κ3) is 1.84. The van der Waals surface area contributed by atoms with Crippen LogP contribution in [0.15, 0.2) is 0 Å². The Labute approximate surface area is 74.1 Å². The molecule has 2 N–H and O–H groups in total. The van der Waals surface area contributed by atoms with Gasteiger partial charge < -0.3 is 10.4 Å². The van der Waals surface area contributed by atoms with Gasteiger partial charge in [0, 0.05) is 11.4 Å². The number of halogens is 2.